The van der Waals surface area contributed by atoms with Gasteiger partial charge >= 0.3 is 0 Å². The van der Waals surface area contributed by atoms with Gasteiger partial charge in [0.05, 0.1) is 5.92 Å². The molecule has 1 N–H and O–H groups in total. The van der Waals surface area contributed by atoms with E-state index in [1.807, 2.05) is 24.3 Å². The summed E-state index contributed by atoms with van der Waals surface area (Å²) in [5.41, 5.74) is 3.75. The molecule has 2 aromatic rings. The Morgan fingerprint density at radius 2 is 1.87 bits per heavy atom. The van der Waals surface area contributed by atoms with Gasteiger partial charge in [-0.3, -0.25) is 14.9 Å². The molecule has 2 aromatic carbocycles. The van der Waals surface area contributed by atoms with Gasteiger partial charge in [-0.05, 0) is 48.7 Å². The van der Waals surface area contributed by atoms with E-state index in [9.17, 15) is 9.59 Å². The Morgan fingerprint density at radius 3 is 2.65 bits per heavy atom. The van der Waals surface area contributed by atoms with Crippen LogP contribution in [0.4, 0.5) is 0 Å². The molecule has 2 aliphatic rings. The minimum absolute atomic E-state index is 0.189. The van der Waals surface area contributed by atoms with Crippen molar-refractivity contribution in [3.8, 4) is 0 Å². The summed E-state index contributed by atoms with van der Waals surface area (Å²) in [5.74, 6) is -0.725. The van der Waals surface area contributed by atoms with Crippen LogP contribution in [0.3, 0.4) is 0 Å². The van der Waals surface area contributed by atoms with Crippen molar-refractivity contribution in [2.75, 3.05) is 0 Å². The number of rotatable bonds is 2. The zero-order valence-electron chi connectivity index (χ0n) is 12.6. The van der Waals surface area contributed by atoms with Crippen LogP contribution in [0.15, 0.2) is 52.3 Å². The largest absolute Gasteiger partial charge is 0.292 e. The van der Waals surface area contributed by atoms with Crippen molar-refractivity contribution in [1.29, 1.82) is 0 Å². The van der Waals surface area contributed by atoms with Gasteiger partial charge in [0.2, 0.25) is 5.91 Å². The highest BCUT2D eigenvalue weighted by atomic mass is 32.2. The SMILES string of the molecule is Cc1ccc(Sc2ccc3c4c2C=CCC4C(=O)NC3=O)cc1. The number of aryl methyl sites for hydroxylation is 1. The van der Waals surface area contributed by atoms with Crippen LogP contribution in [0.2, 0.25) is 0 Å². The molecular weight excluding hydrogens is 306 g/mol. The van der Waals surface area contributed by atoms with Gasteiger partial charge in [0.25, 0.3) is 5.91 Å². The van der Waals surface area contributed by atoms with Crippen LogP contribution in [0.25, 0.3) is 6.08 Å². The van der Waals surface area contributed by atoms with Crippen LogP contribution in [-0.2, 0) is 4.79 Å². The van der Waals surface area contributed by atoms with Gasteiger partial charge in [0.15, 0.2) is 0 Å². The van der Waals surface area contributed by atoms with Crippen LogP contribution >= 0.6 is 11.8 Å². The van der Waals surface area contributed by atoms with Gasteiger partial charge in [-0.25, -0.2) is 0 Å². The highest BCUT2D eigenvalue weighted by Gasteiger charge is 2.35. The number of nitrogens with one attached hydrogen (secondary N) is 1. The molecule has 0 saturated carbocycles. The van der Waals surface area contributed by atoms with E-state index in [1.165, 1.54) is 5.56 Å². The van der Waals surface area contributed by atoms with Crippen molar-refractivity contribution in [2.24, 2.45) is 0 Å². The number of allylic oxidation sites excluding steroid dienone is 1. The molecule has 23 heavy (non-hydrogen) atoms. The second-order valence-electron chi connectivity index (χ2n) is 5.86. The Labute approximate surface area is 138 Å². The number of carbonyl (C=O) groups is 2. The van der Waals surface area contributed by atoms with E-state index >= 15 is 0 Å². The molecule has 1 atom stereocenters. The summed E-state index contributed by atoms with van der Waals surface area (Å²) < 4.78 is 0. The lowest BCUT2D eigenvalue weighted by molar-refractivity contribution is -0.121. The van der Waals surface area contributed by atoms with E-state index < -0.39 is 0 Å². The monoisotopic (exact) mass is 321 g/mol. The number of hydrogen-bond acceptors (Lipinski definition) is 3. The van der Waals surface area contributed by atoms with Crippen molar-refractivity contribution in [3.63, 3.8) is 0 Å². The Balaban J connectivity index is 1.82. The molecule has 1 unspecified atom stereocenters. The van der Waals surface area contributed by atoms with Crippen LogP contribution in [0.1, 0.15) is 39.4 Å². The summed E-state index contributed by atoms with van der Waals surface area (Å²) in [7, 11) is 0. The number of amides is 2. The molecule has 114 valence electrons. The summed E-state index contributed by atoms with van der Waals surface area (Å²) in [4.78, 5) is 26.4. The maximum atomic E-state index is 12.1. The smallest absolute Gasteiger partial charge is 0.258 e. The highest BCUT2D eigenvalue weighted by molar-refractivity contribution is 7.99. The Hall–Kier alpha value is -2.33. The first-order chi connectivity index (χ1) is 11.1. The van der Waals surface area contributed by atoms with Gasteiger partial charge in [-0.2, -0.15) is 0 Å². The average molecular weight is 321 g/mol. The second kappa shape index (κ2) is 5.39. The van der Waals surface area contributed by atoms with Crippen molar-refractivity contribution in [2.45, 2.75) is 29.1 Å². The maximum absolute atomic E-state index is 12.1. The molecule has 1 aliphatic heterocycles. The third-order valence-corrected chi connectivity index (χ3v) is 5.38. The molecule has 1 heterocycles. The first-order valence-electron chi connectivity index (χ1n) is 7.56. The van der Waals surface area contributed by atoms with Crippen LogP contribution in [0, 0.1) is 6.92 Å². The topological polar surface area (TPSA) is 46.2 Å². The molecule has 0 radical (unpaired) electrons. The van der Waals surface area contributed by atoms with E-state index in [4.69, 9.17) is 0 Å². The standard InChI is InChI=1S/C19H15NO2S/c1-11-5-7-12(8-6-11)23-16-10-9-15-17-13(16)3-2-4-14(17)18(21)20-19(15)22/h2-3,5-10,14H,4H2,1H3,(H,20,21,22). The fourth-order valence-electron chi connectivity index (χ4n) is 3.13. The predicted molar refractivity (Wildman–Crippen MR) is 90.6 cm³/mol. The number of hydrogen-bond donors (Lipinski definition) is 1. The quantitative estimate of drug-likeness (QED) is 0.853. The normalized spacial score (nSPS) is 18.6. The lowest BCUT2D eigenvalue weighted by Gasteiger charge is -2.29. The summed E-state index contributed by atoms with van der Waals surface area (Å²) in [6, 6.07) is 12.2. The first kappa shape index (κ1) is 14.3. The maximum Gasteiger partial charge on any atom is 0.258 e. The zero-order chi connectivity index (χ0) is 16.0. The van der Waals surface area contributed by atoms with Crippen molar-refractivity contribution in [3.05, 3.63) is 64.7 Å². The van der Waals surface area contributed by atoms with E-state index in [0.717, 1.165) is 20.9 Å². The average Bonchev–Trinajstić information content (AvgIpc) is 2.55. The fraction of sp³-hybridized carbons (Fsp3) is 0.158. The highest BCUT2D eigenvalue weighted by Crippen LogP contribution is 2.41. The van der Waals surface area contributed by atoms with Gasteiger partial charge in [0, 0.05) is 15.4 Å². The van der Waals surface area contributed by atoms with Crippen LogP contribution in [-0.4, -0.2) is 11.8 Å². The van der Waals surface area contributed by atoms with Gasteiger partial charge < -0.3 is 0 Å². The van der Waals surface area contributed by atoms with Gasteiger partial charge in [-0.1, -0.05) is 41.6 Å². The van der Waals surface area contributed by atoms with Gasteiger partial charge in [0.1, 0.15) is 0 Å². The second-order valence-corrected chi connectivity index (χ2v) is 6.98. The lowest BCUT2D eigenvalue weighted by Crippen LogP contribution is -2.41. The molecule has 0 bridgehead atoms. The third kappa shape index (κ3) is 2.39. The summed E-state index contributed by atoms with van der Waals surface area (Å²) >= 11 is 1.66. The number of carbonyl (C=O) groups excluding carboxylic acids is 2. The molecule has 0 spiro atoms. The molecule has 0 fully saturated rings. The predicted octanol–water partition coefficient (Wildman–Crippen LogP) is 3.92. The van der Waals surface area contributed by atoms with Crippen molar-refractivity contribution < 1.29 is 9.59 Å². The van der Waals surface area contributed by atoms with E-state index in [2.05, 4.69) is 36.5 Å². The van der Waals surface area contributed by atoms with Crippen molar-refractivity contribution >= 4 is 29.7 Å². The first-order valence-corrected chi connectivity index (χ1v) is 8.38. The summed E-state index contributed by atoms with van der Waals surface area (Å²) in [6.07, 6.45) is 4.71. The molecule has 4 rings (SSSR count). The van der Waals surface area contributed by atoms with Gasteiger partial charge in [-0.15, -0.1) is 0 Å². The molecular formula is C19H15NO2S. The summed E-state index contributed by atoms with van der Waals surface area (Å²) in [5, 5.41) is 2.45. The Morgan fingerprint density at radius 1 is 1.09 bits per heavy atom. The van der Waals surface area contributed by atoms with E-state index in [1.54, 1.807) is 11.8 Å². The molecule has 3 nitrogen and oxygen atoms in total. The zero-order valence-corrected chi connectivity index (χ0v) is 13.4. The Bertz CT molecular complexity index is 852. The van der Waals surface area contributed by atoms with E-state index in [-0.39, 0.29) is 17.7 Å². The minimum atomic E-state index is -0.287. The molecule has 2 amide bonds. The molecule has 0 saturated heterocycles. The minimum Gasteiger partial charge on any atom is -0.292 e. The van der Waals surface area contributed by atoms with Crippen LogP contribution in [0.5, 0.6) is 0 Å². The molecule has 0 aromatic heterocycles. The summed E-state index contributed by atoms with van der Waals surface area (Å²) in [6.45, 7) is 2.06. The van der Waals surface area contributed by atoms with Crippen LogP contribution < -0.4 is 5.32 Å². The third-order valence-electron chi connectivity index (χ3n) is 4.30. The van der Waals surface area contributed by atoms with E-state index in [0.29, 0.717) is 12.0 Å². The molecule has 1 aliphatic carbocycles. The van der Waals surface area contributed by atoms with Crippen molar-refractivity contribution in [1.82, 2.24) is 5.32 Å². The Kier molecular flexibility index (Phi) is 3.34. The lowest BCUT2D eigenvalue weighted by atomic mass is 9.81. The number of imide groups is 1. The fourth-order valence-corrected chi connectivity index (χ4v) is 4.08. The molecule has 4 heteroatoms. The number of benzene rings is 2.